The monoisotopic (exact) mass is 436 g/mol. The third-order valence-corrected chi connectivity index (χ3v) is 6.14. The number of nitrogens with two attached hydrogens (primary N) is 1. The molecule has 0 bridgehead atoms. The van der Waals surface area contributed by atoms with Gasteiger partial charge in [-0.15, -0.1) is 0 Å². The molecule has 0 saturated heterocycles. The number of ether oxygens (including phenoxy) is 2. The average Bonchev–Trinajstić information content (AvgIpc) is 2.74. The van der Waals surface area contributed by atoms with Crippen LogP contribution in [0.15, 0.2) is 58.6 Å². The minimum absolute atomic E-state index is 0.136. The quantitative estimate of drug-likeness (QED) is 0.475. The number of nitrogen functional groups attached to an aromatic ring is 1. The Hall–Kier alpha value is -2.87. The van der Waals surface area contributed by atoms with Crippen LogP contribution in [-0.4, -0.2) is 22.1 Å². The molecule has 0 radical (unpaired) electrons. The fraction of sp³-hybridized carbons (Fsp3) is 0.136. The molecule has 0 spiro atoms. The van der Waals surface area contributed by atoms with E-state index in [2.05, 4.69) is 21.0 Å². The zero-order chi connectivity index (χ0) is 20.7. The molecule has 30 heavy (non-hydrogen) atoms. The van der Waals surface area contributed by atoms with Crippen molar-refractivity contribution in [3.63, 3.8) is 0 Å². The Morgan fingerprint density at radius 1 is 1.03 bits per heavy atom. The van der Waals surface area contributed by atoms with E-state index < -0.39 is 0 Å². The van der Waals surface area contributed by atoms with Crippen LogP contribution in [0.3, 0.4) is 0 Å². The molecule has 1 aromatic heterocycles. The normalized spacial score (nSPS) is 12.9. The molecule has 4 aromatic rings. The van der Waals surface area contributed by atoms with Gasteiger partial charge in [-0.1, -0.05) is 41.9 Å². The Balaban J connectivity index is 1.66. The van der Waals surface area contributed by atoms with Gasteiger partial charge in [-0.25, -0.2) is 4.98 Å². The van der Waals surface area contributed by atoms with Crippen LogP contribution in [0.2, 0.25) is 5.02 Å². The number of methoxy groups -OCH3 is 1. The van der Waals surface area contributed by atoms with Crippen molar-refractivity contribution in [3.05, 3.63) is 64.7 Å². The number of hydrogen-bond acceptors (Lipinski definition) is 7. The highest BCUT2D eigenvalue weighted by atomic mass is 35.5. The standard InChI is InChI=1S/C22H17ClN4O2S/c1-28-16-7-2-3-8-17(16)30-22-26-20(25-21(24)27-22)19-14-6-4-5-12-10-29-11-13(18(12)14)9-15(19)23/h2-9H,10-11H2,1H3,(H2,24,25,26,27). The lowest BCUT2D eigenvalue weighted by atomic mass is 9.94. The molecule has 150 valence electrons. The summed E-state index contributed by atoms with van der Waals surface area (Å²) >= 11 is 8.05. The first-order chi connectivity index (χ1) is 14.6. The highest BCUT2D eigenvalue weighted by molar-refractivity contribution is 7.99. The molecule has 0 aliphatic carbocycles. The van der Waals surface area contributed by atoms with E-state index in [9.17, 15) is 0 Å². The molecule has 0 saturated carbocycles. The SMILES string of the molecule is COc1ccccc1Sc1nc(N)nc(-c2c(Cl)cc3c4c(cccc24)COC3)n1. The molecule has 0 unspecified atom stereocenters. The summed E-state index contributed by atoms with van der Waals surface area (Å²) in [5.74, 6) is 1.32. The second-order valence-electron chi connectivity index (χ2n) is 6.78. The van der Waals surface area contributed by atoms with Gasteiger partial charge in [0, 0.05) is 5.56 Å². The van der Waals surface area contributed by atoms with Crippen molar-refractivity contribution in [2.45, 2.75) is 23.3 Å². The summed E-state index contributed by atoms with van der Waals surface area (Å²) in [5.41, 5.74) is 8.97. The third-order valence-electron chi connectivity index (χ3n) is 4.92. The van der Waals surface area contributed by atoms with Crippen molar-refractivity contribution >= 4 is 40.1 Å². The van der Waals surface area contributed by atoms with Crippen LogP contribution in [0.4, 0.5) is 5.95 Å². The summed E-state index contributed by atoms with van der Waals surface area (Å²) in [7, 11) is 1.63. The lowest BCUT2D eigenvalue weighted by Gasteiger charge is -2.20. The van der Waals surface area contributed by atoms with Crippen LogP contribution in [0.1, 0.15) is 11.1 Å². The lowest BCUT2D eigenvalue weighted by molar-refractivity contribution is 0.103. The summed E-state index contributed by atoms with van der Waals surface area (Å²) < 4.78 is 11.1. The highest BCUT2D eigenvalue weighted by Crippen LogP contribution is 2.40. The summed E-state index contributed by atoms with van der Waals surface area (Å²) in [5, 5.41) is 3.15. The van der Waals surface area contributed by atoms with Gasteiger partial charge < -0.3 is 15.2 Å². The van der Waals surface area contributed by atoms with Crippen molar-refractivity contribution in [2.75, 3.05) is 12.8 Å². The minimum Gasteiger partial charge on any atom is -0.496 e. The molecule has 2 heterocycles. The maximum atomic E-state index is 6.69. The number of para-hydroxylation sites is 1. The number of halogens is 1. The van der Waals surface area contributed by atoms with Gasteiger partial charge in [0.1, 0.15) is 5.75 Å². The number of benzene rings is 3. The van der Waals surface area contributed by atoms with Gasteiger partial charge in [0.2, 0.25) is 5.95 Å². The minimum atomic E-state index is 0.136. The van der Waals surface area contributed by atoms with E-state index in [4.69, 9.17) is 26.8 Å². The van der Waals surface area contributed by atoms with E-state index in [0.29, 0.717) is 29.2 Å². The smallest absolute Gasteiger partial charge is 0.224 e. The van der Waals surface area contributed by atoms with Gasteiger partial charge in [0.25, 0.3) is 0 Å². The topological polar surface area (TPSA) is 83.2 Å². The molecule has 2 N–H and O–H groups in total. The predicted octanol–water partition coefficient (Wildman–Crippen LogP) is 5.12. The van der Waals surface area contributed by atoms with Crippen molar-refractivity contribution in [2.24, 2.45) is 0 Å². The van der Waals surface area contributed by atoms with E-state index in [1.165, 1.54) is 11.8 Å². The second kappa shape index (κ2) is 7.75. The van der Waals surface area contributed by atoms with E-state index >= 15 is 0 Å². The maximum Gasteiger partial charge on any atom is 0.224 e. The first kappa shape index (κ1) is 19.1. The first-order valence-electron chi connectivity index (χ1n) is 9.27. The molecule has 1 aliphatic rings. The van der Waals surface area contributed by atoms with E-state index in [1.807, 2.05) is 42.5 Å². The largest absolute Gasteiger partial charge is 0.496 e. The number of nitrogens with zero attached hydrogens (tertiary/aromatic N) is 3. The van der Waals surface area contributed by atoms with Crippen LogP contribution < -0.4 is 10.5 Å². The van der Waals surface area contributed by atoms with Gasteiger partial charge in [0.15, 0.2) is 11.0 Å². The molecule has 5 rings (SSSR count). The predicted molar refractivity (Wildman–Crippen MR) is 118 cm³/mol. The van der Waals surface area contributed by atoms with Gasteiger partial charge in [0.05, 0.1) is 30.2 Å². The Kier molecular flexibility index (Phi) is 4.94. The zero-order valence-corrected chi connectivity index (χ0v) is 17.6. The molecule has 0 amide bonds. The average molecular weight is 437 g/mol. The molecule has 0 fully saturated rings. The Bertz CT molecular complexity index is 1280. The van der Waals surface area contributed by atoms with Crippen LogP contribution in [0.25, 0.3) is 22.2 Å². The van der Waals surface area contributed by atoms with Crippen molar-refractivity contribution in [1.82, 2.24) is 15.0 Å². The zero-order valence-electron chi connectivity index (χ0n) is 16.1. The van der Waals surface area contributed by atoms with Gasteiger partial charge in [-0.05, 0) is 51.9 Å². The van der Waals surface area contributed by atoms with E-state index in [-0.39, 0.29) is 5.95 Å². The van der Waals surface area contributed by atoms with Gasteiger partial charge >= 0.3 is 0 Å². The Labute approximate surface area is 182 Å². The fourth-order valence-electron chi connectivity index (χ4n) is 3.68. The van der Waals surface area contributed by atoms with Crippen molar-refractivity contribution < 1.29 is 9.47 Å². The maximum absolute atomic E-state index is 6.69. The number of rotatable bonds is 4. The molecular weight excluding hydrogens is 420 g/mol. The van der Waals surface area contributed by atoms with Crippen LogP contribution in [0.5, 0.6) is 5.75 Å². The fourth-order valence-corrected chi connectivity index (χ4v) is 4.86. The van der Waals surface area contributed by atoms with E-state index in [0.717, 1.165) is 38.1 Å². The summed E-state index contributed by atoms with van der Waals surface area (Å²) in [4.78, 5) is 14.3. The van der Waals surface area contributed by atoms with Gasteiger partial charge in [-0.3, -0.25) is 0 Å². The van der Waals surface area contributed by atoms with E-state index in [1.54, 1.807) is 7.11 Å². The van der Waals surface area contributed by atoms with Crippen molar-refractivity contribution in [3.8, 4) is 17.1 Å². The molecule has 1 aliphatic heterocycles. The Morgan fingerprint density at radius 2 is 1.87 bits per heavy atom. The summed E-state index contributed by atoms with van der Waals surface area (Å²) in [6.07, 6.45) is 0. The molecule has 3 aromatic carbocycles. The van der Waals surface area contributed by atoms with Crippen molar-refractivity contribution in [1.29, 1.82) is 0 Å². The number of hydrogen-bond donors (Lipinski definition) is 1. The Morgan fingerprint density at radius 3 is 2.73 bits per heavy atom. The lowest BCUT2D eigenvalue weighted by Crippen LogP contribution is -2.06. The molecule has 6 nitrogen and oxygen atoms in total. The molecule has 0 atom stereocenters. The number of aromatic nitrogens is 3. The second-order valence-corrected chi connectivity index (χ2v) is 8.19. The van der Waals surface area contributed by atoms with Gasteiger partial charge in [-0.2, -0.15) is 9.97 Å². The van der Waals surface area contributed by atoms with Crippen LogP contribution >= 0.6 is 23.4 Å². The molecule has 8 heteroatoms. The highest BCUT2D eigenvalue weighted by Gasteiger charge is 2.21. The summed E-state index contributed by atoms with van der Waals surface area (Å²) in [6.45, 7) is 1.10. The first-order valence-corrected chi connectivity index (χ1v) is 10.5. The summed E-state index contributed by atoms with van der Waals surface area (Å²) in [6, 6.07) is 15.7. The molecular formula is C22H17ClN4O2S. The third kappa shape index (κ3) is 3.35. The van der Waals surface area contributed by atoms with Crippen LogP contribution in [0, 0.1) is 0 Å². The van der Waals surface area contributed by atoms with Crippen LogP contribution in [-0.2, 0) is 18.0 Å². The number of anilines is 1.